The predicted molar refractivity (Wildman–Crippen MR) is 72.0 cm³/mol. The molecule has 90 valence electrons. The summed E-state index contributed by atoms with van der Waals surface area (Å²) in [4.78, 5) is 7.94. The van der Waals surface area contributed by atoms with Gasteiger partial charge in [0.1, 0.15) is 24.0 Å². The fourth-order valence-electron chi connectivity index (χ4n) is 1.36. The Labute approximate surface area is 112 Å². The summed E-state index contributed by atoms with van der Waals surface area (Å²) in [7, 11) is 0. The van der Waals surface area contributed by atoms with E-state index < -0.39 is 0 Å². The number of hydrogen-bond acceptors (Lipinski definition) is 6. The Morgan fingerprint density at radius 1 is 1.22 bits per heavy atom. The molecule has 18 heavy (non-hydrogen) atoms. The third kappa shape index (κ3) is 2.74. The van der Waals surface area contributed by atoms with E-state index in [4.69, 9.17) is 11.1 Å². The number of aromatic nitrogens is 2. The lowest BCUT2D eigenvalue weighted by Gasteiger charge is -2.08. The van der Waals surface area contributed by atoms with Crippen molar-refractivity contribution in [3.8, 4) is 6.07 Å². The van der Waals surface area contributed by atoms with Gasteiger partial charge in [-0.3, -0.25) is 0 Å². The number of rotatable bonds is 3. The minimum absolute atomic E-state index is 0.487. The van der Waals surface area contributed by atoms with Gasteiger partial charge in [0.15, 0.2) is 0 Å². The molecule has 0 aliphatic carbocycles. The van der Waals surface area contributed by atoms with Gasteiger partial charge < -0.3 is 10.7 Å². The molecule has 0 saturated heterocycles. The van der Waals surface area contributed by atoms with Gasteiger partial charge in [0, 0.05) is 10.5 Å². The Morgan fingerprint density at radius 2 is 2.00 bits per heavy atom. The molecule has 1 aromatic carbocycles. The molecule has 6 nitrogen and oxygen atoms in total. The van der Waals surface area contributed by atoms with Gasteiger partial charge in [0.25, 0.3) is 0 Å². The van der Waals surface area contributed by atoms with Crippen molar-refractivity contribution in [2.45, 2.75) is 0 Å². The molecule has 0 atom stereocenters. The molecule has 0 fully saturated rings. The molecule has 0 saturated carbocycles. The monoisotopic (exact) mass is 304 g/mol. The van der Waals surface area contributed by atoms with Crippen molar-refractivity contribution < 1.29 is 0 Å². The number of halogens is 1. The first-order valence-electron chi connectivity index (χ1n) is 4.98. The quantitative estimate of drug-likeness (QED) is 0.593. The highest BCUT2D eigenvalue weighted by atomic mass is 79.9. The highest BCUT2D eigenvalue weighted by molar-refractivity contribution is 9.10. The van der Waals surface area contributed by atoms with Gasteiger partial charge in [0.2, 0.25) is 0 Å². The second kappa shape index (κ2) is 5.44. The average molecular weight is 305 g/mol. The van der Waals surface area contributed by atoms with E-state index in [2.05, 4.69) is 42.7 Å². The van der Waals surface area contributed by atoms with Gasteiger partial charge in [-0.25, -0.2) is 15.8 Å². The molecule has 0 unspecified atom stereocenters. The summed E-state index contributed by atoms with van der Waals surface area (Å²) < 4.78 is 0.871. The maximum Gasteiger partial charge on any atom is 0.145 e. The third-order valence-corrected chi connectivity index (χ3v) is 2.67. The van der Waals surface area contributed by atoms with Gasteiger partial charge in [-0.1, -0.05) is 15.9 Å². The average Bonchev–Trinajstić information content (AvgIpc) is 2.39. The van der Waals surface area contributed by atoms with Crippen molar-refractivity contribution >= 4 is 33.3 Å². The molecule has 0 aliphatic heterocycles. The SMILES string of the molecule is N#Cc1ccc(Br)cc1Nc1cc(NN)ncn1. The first-order chi connectivity index (χ1) is 8.72. The fourth-order valence-corrected chi connectivity index (χ4v) is 1.72. The summed E-state index contributed by atoms with van der Waals surface area (Å²) in [6.07, 6.45) is 1.38. The van der Waals surface area contributed by atoms with E-state index >= 15 is 0 Å². The Kier molecular flexibility index (Phi) is 3.72. The Balaban J connectivity index is 2.33. The smallest absolute Gasteiger partial charge is 0.145 e. The van der Waals surface area contributed by atoms with Crippen LogP contribution in [-0.4, -0.2) is 9.97 Å². The number of hydrogen-bond donors (Lipinski definition) is 3. The highest BCUT2D eigenvalue weighted by Gasteiger charge is 2.04. The Hall–Kier alpha value is -2.17. The zero-order valence-electron chi connectivity index (χ0n) is 9.18. The summed E-state index contributed by atoms with van der Waals surface area (Å²) >= 11 is 3.35. The normalized spacial score (nSPS) is 9.61. The van der Waals surface area contributed by atoms with Crippen LogP contribution >= 0.6 is 15.9 Å². The van der Waals surface area contributed by atoms with E-state index in [9.17, 15) is 0 Å². The van der Waals surface area contributed by atoms with E-state index in [0.717, 1.165) is 4.47 Å². The zero-order valence-corrected chi connectivity index (χ0v) is 10.8. The van der Waals surface area contributed by atoms with E-state index in [1.807, 2.05) is 0 Å². The summed E-state index contributed by atoms with van der Waals surface area (Å²) in [5.41, 5.74) is 3.62. The van der Waals surface area contributed by atoms with Crippen LogP contribution in [0.3, 0.4) is 0 Å². The van der Waals surface area contributed by atoms with Crippen LogP contribution in [0.15, 0.2) is 35.1 Å². The van der Waals surface area contributed by atoms with Crippen LogP contribution in [0.2, 0.25) is 0 Å². The number of hydrazine groups is 1. The van der Waals surface area contributed by atoms with Crippen LogP contribution in [0.5, 0.6) is 0 Å². The second-order valence-electron chi connectivity index (χ2n) is 3.36. The van der Waals surface area contributed by atoms with E-state index in [0.29, 0.717) is 22.9 Å². The number of nitrogens with one attached hydrogen (secondary N) is 2. The molecule has 2 rings (SSSR count). The molecule has 0 amide bonds. The van der Waals surface area contributed by atoms with Gasteiger partial charge >= 0.3 is 0 Å². The molecule has 0 radical (unpaired) electrons. The molecule has 2 aromatic rings. The van der Waals surface area contributed by atoms with Crippen molar-refractivity contribution in [3.05, 3.63) is 40.6 Å². The highest BCUT2D eigenvalue weighted by Crippen LogP contribution is 2.24. The van der Waals surface area contributed by atoms with Crippen LogP contribution in [-0.2, 0) is 0 Å². The lowest BCUT2D eigenvalue weighted by atomic mass is 10.2. The summed E-state index contributed by atoms with van der Waals surface area (Å²) in [5.74, 6) is 6.30. The first-order valence-corrected chi connectivity index (χ1v) is 5.77. The van der Waals surface area contributed by atoms with Crippen LogP contribution < -0.4 is 16.6 Å². The van der Waals surface area contributed by atoms with Crippen LogP contribution in [0.25, 0.3) is 0 Å². The number of nitrogens with two attached hydrogens (primary N) is 1. The second-order valence-corrected chi connectivity index (χ2v) is 4.28. The summed E-state index contributed by atoms with van der Waals surface area (Å²) in [6.45, 7) is 0. The van der Waals surface area contributed by atoms with E-state index in [-0.39, 0.29) is 0 Å². The van der Waals surface area contributed by atoms with Crippen LogP contribution in [0.1, 0.15) is 5.56 Å². The lowest BCUT2D eigenvalue weighted by Crippen LogP contribution is -2.09. The van der Waals surface area contributed by atoms with Crippen molar-refractivity contribution in [3.63, 3.8) is 0 Å². The Bertz CT molecular complexity index is 607. The van der Waals surface area contributed by atoms with Crippen molar-refractivity contribution in [2.24, 2.45) is 5.84 Å². The number of anilines is 3. The largest absolute Gasteiger partial charge is 0.339 e. The summed E-state index contributed by atoms with van der Waals surface area (Å²) in [6, 6.07) is 9.07. The summed E-state index contributed by atoms with van der Waals surface area (Å²) in [5, 5.41) is 12.1. The number of nitrogens with zero attached hydrogens (tertiary/aromatic N) is 3. The predicted octanol–water partition coefficient (Wildman–Crippen LogP) is 2.14. The van der Waals surface area contributed by atoms with Gasteiger partial charge in [-0.2, -0.15) is 5.26 Å². The van der Waals surface area contributed by atoms with Crippen LogP contribution in [0.4, 0.5) is 17.3 Å². The minimum atomic E-state index is 0.487. The molecule has 0 bridgehead atoms. The molecule has 0 spiro atoms. The zero-order chi connectivity index (χ0) is 13.0. The van der Waals surface area contributed by atoms with Crippen molar-refractivity contribution in [2.75, 3.05) is 10.7 Å². The number of nitriles is 1. The van der Waals surface area contributed by atoms with Gasteiger partial charge in [-0.05, 0) is 18.2 Å². The number of nitrogen functional groups attached to an aromatic ring is 1. The topological polar surface area (TPSA) is 99.7 Å². The van der Waals surface area contributed by atoms with E-state index in [1.54, 1.807) is 24.3 Å². The third-order valence-electron chi connectivity index (χ3n) is 2.18. The molecule has 0 aliphatic rings. The number of benzene rings is 1. The van der Waals surface area contributed by atoms with Gasteiger partial charge in [-0.15, -0.1) is 0 Å². The molecule has 1 aromatic heterocycles. The molecule has 1 heterocycles. The van der Waals surface area contributed by atoms with Crippen molar-refractivity contribution in [1.82, 2.24) is 9.97 Å². The Morgan fingerprint density at radius 3 is 2.72 bits per heavy atom. The van der Waals surface area contributed by atoms with E-state index in [1.165, 1.54) is 6.33 Å². The minimum Gasteiger partial charge on any atom is -0.339 e. The lowest BCUT2D eigenvalue weighted by molar-refractivity contribution is 1.14. The van der Waals surface area contributed by atoms with Crippen molar-refractivity contribution in [1.29, 1.82) is 5.26 Å². The molecular weight excluding hydrogens is 296 g/mol. The maximum atomic E-state index is 9.02. The van der Waals surface area contributed by atoms with Crippen LogP contribution in [0, 0.1) is 11.3 Å². The molecule has 7 heteroatoms. The fraction of sp³-hybridized carbons (Fsp3) is 0. The maximum absolute atomic E-state index is 9.02. The molecule has 4 N–H and O–H groups in total. The first kappa shape index (κ1) is 12.3. The standard InChI is InChI=1S/C11H9BrN6/c12-8-2-1-7(5-13)9(3-8)17-10-4-11(18-14)16-6-15-10/h1-4,6H,14H2,(H2,15,16,17,18). The molecular formula is C11H9BrN6. The van der Waals surface area contributed by atoms with Gasteiger partial charge in [0.05, 0.1) is 11.3 Å².